The Morgan fingerprint density at radius 3 is 2.56 bits per heavy atom. The minimum atomic E-state index is 0.273. The van der Waals surface area contributed by atoms with E-state index in [9.17, 15) is 9.90 Å². The lowest BCUT2D eigenvalue weighted by atomic mass is 10.0. The molecule has 206 valence electrons. The summed E-state index contributed by atoms with van der Waals surface area (Å²) in [6.07, 6.45) is 1.82. The molecule has 3 aromatic rings. The first-order valence-corrected chi connectivity index (χ1v) is 14.0. The number of benzene rings is 2. The summed E-state index contributed by atoms with van der Waals surface area (Å²) < 4.78 is 6.18. The number of phenols is 1. The number of phenolic OH excluding ortho intramolecular Hbond substituents is 1. The highest BCUT2D eigenvalue weighted by atomic mass is 16.5. The van der Waals surface area contributed by atoms with Crippen LogP contribution in [0.4, 0.5) is 11.5 Å². The average molecular weight is 532 g/mol. The minimum absolute atomic E-state index is 0.273. The maximum Gasteiger partial charge on any atom is 0.318 e. The molecule has 1 aromatic heterocycles. The molecule has 3 aliphatic heterocycles. The Bertz CT molecular complexity index is 1310. The minimum Gasteiger partial charge on any atom is -0.508 e. The lowest BCUT2D eigenvalue weighted by Gasteiger charge is -2.35. The number of fused-ring (bicyclic) bond motifs is 2. The highest BCUT2D eigenvalue weighted by Gasteiger charge is 2.27. The van der Waals surface area contributed by atoms with Crippen LogP contribution in [0.3, 0.4) is 0 Å². The summed E-state index contributed by atoms with van der Waals surface area (Å²) >= 11 is 0. The Balaban J connectivity index is 1.22. The summed E-state index contributed by atoms with van der Waals surface area (Å²) in [5.41, 5.74) is 3.22. The lowest BCUT2D eigenvalue weighted by molar-refractivity contribution is -0.109. The number of hydrogen-bond donors (Lipinski definition) is 2. The number of rotatable bonds is 8. The third-order valence-corrected chi connectivity index (χ3v) is 8.04. The van der Waals surface area contributed by atoms with E-state index in [0.717, 1.165) is 106 Å². The first-order chi connectivity index (χ1) is 19.2. The van der Waals surface area contributed by atoms with E-state index >= 15 is 0 Å². The highest BCUT2D eigenvalue weighted by Crippen LogP contribution is 2.36. The standard InChI is InChI=1S/C29H37N7O3/c37-17-15-33-11-13-34(14-12-33)16-18-39-29-31-26-21-36(27-20-23(38)19-22-3-1-2-4-24(22)27)8-5-25(26)28(32-29)35-9-6-30-7-10-35/h1-4,17,19-20,30,38H,5-16,18,21H2. The molecule has 0 saturated carbocycles. The molecule has 0 bridgehead atoms. The Kier molecular flexibility index (Phi) is 7.76. The number of nitrogens with one attached hydrogen (secondary N) is 1. The third kappa shape index (κ3) is 5.78. The molecule has 0 aliphatic carbocycles. The van der Waals surface area contributed by atoms with E-state index in [1.54, 1.807) is 0 Å². The largest absolute Gasteiger partial charge is 0.508 e. The smallest absolute Gasteiger partial charge is 0.318 e. The van der Waals surface area contributed by atoms with E-state index in [1.807, 2.05) is 30.3 Å². The number of carbonyl (C=O) groups is 1. The summed E-state index contributed by atoms with van der Waals surface area (Å²) in [4.78, 5) is 29.9. The van der Waals surface area contributed by atoms with Crippen molar-refractivity contribution in [2.24, 2.45) is 0 Å². The number of nitrogens with zero attached hydrogens (tertiary/aromatic N) is 6. The highest BCUT2D eigenvalue weighted by molar-refractivity contribution is 5.95. The molecule has 2 fully saturated rings. The monoisotopic (exact) mass is 531 g/mol. The van der Waals surface area contributed by atoms with Gasteiger partial charge in [0.2, 0.25) is 0 Å². The van der Waals surface area contributed by atoms with Gasteiger partial charge in [-0.1, -0.05) is 24.3 Å². The second kappa shape index (κ2) is 11.7. The molecule has 10 nitrogen and oxygen atoms in total. The SMILES string of the molecule is O=CCN1CCN(CCOc2nc3c(c(N4CCNCC4)n2)CCN(c2cc(O)cc4ccccc24)C3)CC1. The average Bonchev–Trinajstić information content (AvgIpc) is 2.97. The van der Waals surface area contributed by atoms with Gasteiger partial charge in [-0.25, -0.2) is 0 Å². The molecule has 2 saturated heterocycles. The molecule has 6 rings (SSSR count). The van der Waals surface area contributed by atoms with Crippen molar-refractivity contribution in [3.05, 3.63) is 47.7 Å². The molecule has 2 aromatic carbocycles. The third-order valence-electron chi connectivity index (χ3n) is 8.04. The van der Waals surface area contributed by atoms with Crippen molar-refractivity contribution in [3.63, 3.8) is 0 Å². The van der Waals surface area contributed by atoms with E-state index in [2.05, 4.69) is 31.0 Å². The van der Waals surface area contributed by atoms with Crippen molar-refractivity contribution in [3.8, 4) is 11.8 Å². The Morgan fingerprint density at radius 2 is 1.74 bits per heavy atom. The van der Waals surface area contributed by atoms with Gasteiger partial charge < -0.3 is 29.8 Å². The molecule has 2 N–H and O–H groups in total. The summed E-state index contributed by atoms with van der Waals surface area (Å²) in [5, 5.41) is 16.0. The number of aldehydes is 1. The molecule has 0 spiro atoms. The van der Waals surface area contributed by atoms with Crippen LogP contribution in [-0.4, -0.2) is 110 Å². The van der Waals surface area contributed by atoms with Crippen LogP contribution in [0.15, 0.2) is 36.4 Å². The number of hydrogen-bond acceptors (Lipinski definition) is 10. The van der Waals surface area contributed by atoms with Gasteiger partial charge in [-0.05, 0) is 17.9 Å². The van der Waals surface area contributed by atoms with Crippen LogP contribution in [0.1, 0.15) is 11.3 Å². The predicted molar refractivity (Wildman–Crippen MR) is 152 cm³/mol. The van der Waals surface area contributed by atoms with Crippen molar-refractivity contribution >= 4 is 28.6 Å². The van der Waals surface area contributed by atoms with Crippen molar-refractivity contribution < 1.29 is 14.6 Å². The topological polar surface area (TPSA) is 97.3 Å². The van der Waals surface area contributed by atoms with E-state index in [-0.39, 0.29) is 5.75 Å². The number of anilines is 2. The summed E-state index contributed by atoms with van der Waals surface area (Å²) in [6, 6.07) is 12.3. The summed E-state index contributed by atoms with van der Waals surface area (Å²) in [6.45, 7) is 10.7. The van der Waals surface area contributed by atoms with Crippen molar-refractivity contribution in [1.82, 2.24) is 25.1 Å². The van der Waals surface area contributed by atoms with Crippen LogP contribution in [0.2, 0.25) is 0 Å². The fourth-order valence-corrected chi connectivity index (χ4v) is 5.90. The molecule has 0 radical (unpaired) electrons. The zero-order chi connectivity index (χ0) is 26.6. The number of aromatic nitrogens is 2. The second-order valence-electron chi connectivity index (χ2n) is 10.5. The van der Waals surface area contributed by atoms with E-state index in [0.29, 0.717) is 25.7 Å². The number of aromatic hydroxyl groups is 1. The first-order valence-electron chi connectivity index (χ1n) is 14.0. The van der Waals surface area contributed by atoms with Crippen molar-refractivity contribution in [2.75, 3.05) is 88.4 Å². The second-order valence-corrected chi connectivity index (χ2v) is 10.5. The van der Waals surface area contributed by atoms with E-state index in [4.69, 9.17) is 14.7 Å². The van der Waals surface area contributed by atoms with E-state index < -0.39 is 0 Å². The van der Waals surface area contributed by atoms with Crippen molar-refractivity contribution in [1.29, 1.82) is 0 Å². The number of carbonyl (C=O) groups excluding carboxylic acids is 1. The Labute approximate surface area is 229 Å². The van der Waals surface area contributed by atoms with Gasteiger partial charge >= 0.3 is 6.01 Å². The van der Waals surface area contributed by atoms with Crippen LogP contribution in [0, 0.1) is 0 Å². The van der Waals surface area contributed by atoms with Crippen LogP contribution >= 0.6 is 0 Å². The molecule has 4 heterocycles. The quantitative estimate of drug-likeness (QED) is 0.416. The van der Waals surface area contributed by atoms with Gasteiger partial charge in [-0.15, -0.1) is 0 Å². The van der Waals surface area contributed by atoms with Crippen LogP contribution in [0.5, 0.6) is 11.8 Å². The molecule has 10 heteroatoms. The van der Waals surface area contributed by atoms with Gasteiger partial charge in [0.05, 0.1) is 18.8 Å². The molecule has 0 atom stereocenters. The first kappa shape index (κ1) is 25.8. The molecule has 0 amide bonds. The number of piperazine rings is 2. The van der Waals surface area contributed by atoms with Gasteiger partial charge in [-0.3, -0.25) is 9.80 Å². The van der Waals surface area contributed by atoms with Gasteiger partial charge in [-0.2, -0.15) is 9.97 Å². The lowest BCUT2D eigenvalue weighted by Crippen LogP contribution is -2.47. The van der Waals surface area contributed by atoms with Gasteiger partial charge in [0.25, 0.3) is 0 Å². The summed E-state index contributed by atoms with van der Waals surface area (Å²) in [5.74, 6) is 1.27. The van der Waals surface area contributed by atoms with Gasteiger partial charge in [0, 0.05) is 88.2 Å². The fraction of sp³-hybridized carbons (Fsp3) is 0.483. The molecular formula is C29H37N7O3. The van der Waals surface area contributed by atoms with Crippen LogP contribution in [-0.2, 0) is 17.8 Å². The van der Waals surface area contributed by atoms with Crippen molar-refractivity contribution in [2.45, 2.75) is 13.0 Å². The fourth-order valence-electron chi connectivity index (χ4n) is 5.90. The zero-order valence-electron chi connectivity index (χ0n) is 22.4. The molecule has 3 aliphatic rings. The predicted octanol–water partition coefficient (Wildman–Crippen LogP) is 1.50. The van der Waals surface area contributed by atoms with Crippen LogP contribution in [0.25, 0.3) is 10.8 Å². The van der Waals surface area contributed by atoms with Gasteiger partial charge in [0.1, 0.15) is 24.5 Å². The zero-order valence-corrected chi connectivity index (χ0v) is 22.4. The normalized spacial score (nSPS) is 18.8. The maximum atomic E-state index is 10.8. The Hall–Kier alpha value is -3.47. The summed E-state index contributed by atoms with van der Waals surface area (Å²) in [7, 11) is 0. The van der Waals surface area contributed by atoms with E-state index in [1.165, 1.54) is 5.56 Å². The van der Waals surface area contributed by atoms with Gasteiger partial charge in [0.15, 0.2) is 0 Å². The maximum absolute atomic E-state index is 10.8. The molecule has 39 heavy (non-hydrogen) atoms. The molecular weight excluding hydrogens is 494 g/mol. The number of ether oxygens (including phenoxy) is 1. The Morgan fingerprint density at radius 1 is 0.949 bits per heavy atom. The molecule has 0 unspecified atom stereocenters. The van der Waals surface area contributed by atoms with Crippen LogP contribution < -0.4 is 19.9 Å².